The maximum Gasteiger partial charge on any atom is 0.338 e. The van der Waals surface area contributed by atoms with Crippen molar-refractivity contribution < 1.29 is 28.5 Å². The van der Waals surface area contributed by atoms with E-state index in [1.807, 2.05) is 19.1 Å². The molecule has 0 N–H and O–H groups in total. The van der Waals surface area contributed by atoms with Crippen LogP contribution in [0.15, 0.2) is 63.5 Å². The first-order chi connectivity index (χ1) is 19.4. The molecular formula is C29H29N3O7S. The molecule has 1 atom stereocenters. The molecule has 0 saturated heterocycles. The Morgan fingerprint density at radius 1 is 1.18 bits per heavy atom. The number of thiazole rings is 1. The van der Waals surface area contributed by atoms with Crippen molar-refractivity contribution in [3.8, 4) is 23.3 Å². The summed E-state index contributed by atoms with van der Waals surface area (Å²) in [6.45, 7) is 4.09. The molecule has 0 fully saturated rings. The fourth-order valence-electron chi connectivity index (χ4n) is 4.34. The molecule has 4 rings (SSSR count). The van der Waals surface area contributed by atoms with Crippen molar-refractivity contribution in [2.75, 3.05) is 40.6 Å². The first kappa shape index (κ1) is 28.6. The number of carbonyl (C=O) groups excluding carboxylic acids is 1. The monoisotopic (exact) mass is 563 g/mol. The van der Waals surface area contributed by atoms with Crippen molar-refractivity contribution in [2.45, 2.75) is 19.9 Å². The minimum absolute atomic E-state index is 0.0455. The summed E-state index contributed by atoms with van der Waals surface area (Å²) in [6, 6.07) is 13.5. The van der Waals surface area contributed by atoms with Crippen LogP contribution < -0.4 is 29.1 Å². The highest BCUT2D eigenvalue weighted by Gasteiger charge is 2.36. The molecular weight excluding hydrogens is 534 g/mol. The maximum absolute atomic E-state index is 14.0. The van der Waals surface area contributed by atoms with E-state index in [0.717, 1.165) is 0 Å². The molecule has 0 spiro atoms. The summed E-state index contributed by atoms with van der Waals surface area (Å²) in [5, 5.41) is 8.81. The van der Waals surface area contributed by atoms with Gasteiger partial charge in [-0.2, -0.15) is 5.26 Å². The van der Waals surface area contributed by atoms with Crippen LogP contribution in [0.25, 0.3) is 6.08 Å². The molecule has 2 heterocycles. The molecule has 3 aromatic rings. The summed E-state index contributed by atoms with van der Waals surface area (Å²) < 4.78 is 29.3. The van der Waals surface area contributed by atoms with Crippen molar-refractivity contribution in [1.29, 1.82) is 5.26 Å². The van der Waals surface area contributed by atoms with Crippen molar-refractivity contribution in [3.63, 3.8) is 0 Å². The lowest BCUT2D eigenvalue weighted by molar-refractivity contribution is -0.140. The Hall–Kier alpha value is -4.40. The molecule has 2 aromatic carbocycles. The third-order valence-electron chi connectivity index (χ3n) is 6.03. The van der Waals surface area contributed by atoms with Gasteiger partial charge in [0.1, 0.15) is 24.5 Å². The summed E-state index contributed by atoms with van der Waals surface area (Å²) in [4.78, 5) is 32.4. The number of fused-ring (bicyclic) bond motifs is 1. The number of rotatable bonds is 11. The lowest BCUT2D eigenvalue weighted by Crippen LogP contribution is -2.40. The van der Waals surface area contributed by atoms with E-state index in [4.69, 9.17) is 28.9 Å². The Balaban J connectivity index is 1.92. The minimum atomic E-state index is -0.879. The van der Waals surface area contributed by atoms with E-state index in [-0.39, 0.29) is 31.0 Å². The lowest BCUT2D eigenvalue weighted by atomic mass is 9.94. The topological polar surface area (TPSA) is 121 Å². The average molecular weight is 564 g/mol. The number of carbonyl (C=O) groups is 1. The number of allylic oxidation sites excluding steroid dienone is 1. The number of benzene rings is 2. The van der Waals surface area contributed by atoms with Gasteiger partial charge in [0.25, 0.3) is 5.56 Å². The first-order valence-electron chi connectivity index (χ1n) is 12.5. The number of nitrogens with zero attached hydrogens (tertiary/aromatic N) is 3. The van der Waals surface area contributed by atoms with Gasteiger partial charge >= 0.3 is 5.97 Å². The van der Waals surface area contributed by atoms with E-state index in [9.17, 15) is 9.59 Å². The highest BCUT2D eigenvalue weighted by Crippen LogP contribution is 2.40. The van der Waals surface area contributed by atoms with Crippen LogP contribution in [-0.4, -0.2) is 51.2 Å². The summed E-state index contributed by atoms with van der Waals surface area (Å²) >= 11 is 1.20. The van der Waals surface area contributed by atoms with Gasteiger partial charge in [0.15, 0.2) is 22.9 Å². The Bertz CT molecular complexity index is 1650. The second-order valence-electron chi connectivity index (χ2n) is 8.54. The fourth-order valence-corrected chi connectivity index (χ4v) is 5.39. The summed E-state index contributed by atoms with van der Waals surface area (Å²) in [6.07, 6.45) is 1.73. The van der Waals surface area contributed by atoms with Gasteiger partial charge in [0, 0.05) is 12.7 Å². The molecule has 0 bridgehead atoms. The number of hydrogen-bond acceptors (Lipinski definition) is 10. The number of para-hydroxylation sites is 1. The van der Waals surface area contributed by atoms with Gasteiger partial charge in [-0.25, -0.2) is 9.79 Å². The van der Waals surface area contributed by atoms with E-state index in [0.29, 0.717) is 50.0 Å². The molecule has 0 amide bonds. The molecule has 10 nitrogen and oxygen atoms in total. The van der Waals surface area contributed by atoms with E-state index < -0.39 is 12.0 Å². The largest absolute Gasteiger partial charge is 0.493 e. The standard InChI is InChI=1S/C29H29N3O7S/c1-5-37-26-21(10-7-11-22(26)36-4)25-24(28(34)39-15-14-35-3)18(2)31-29-32(25)27(33)23(40-29)17-19-8-6-9-20(16-19)38-13-12-30/h6-11,16-17,25H,5,13-15H2,1-4H3/b23-17+/t25-/m0/s1. The zero-order valence-corrected chi connectivity index (χ0v) is 23.4. The third-order valence-corrected chi connectivity index (χ3v) is 7.02. The number of methoxy groups -OCH3 is 2. The average Bonchev–Trinajstić information content (AvgIpc) is 3.25. The molecule has 208 valence electrons. The van der Waals surface area contributed by atoms with Crippen LogP contribution in [0.4, 0.5) is 0 Å². The highest BCUT2D eigenvalue weighted by molar-refractivity contribution is 7.07. The van der Waals surface area contributed by atoms with Crippen LogP contribution >= 0.6 is 11.3 Å². The van der Waals surface area contributed by atoms with Crippen LogP contribution in [0, 0.1) is 11.3 Å². The maximum atomic E-state index is 14.0. The predicted octanol–water partition coefficient (Wildman–Crippen LogP) is 2.73. The zero-order chi connectivity index (χ0) is 28.6. The van der Waals surface area contributed by atoms with Gasteiger partial charge in [-0.15, -0.1) is 0 Å². The number of esters is 1. The molecule has 11 heteroatoms. The van der Waals surface area contributed by atoms with Crippen LogP contribution in [0.2, 0.25) is 0 Å². The predicted molar refractivity (Wildman–Crippen MR) is 148 cm³/mol. The fraction of sp³-hybridized carbons (Fsp3) is 0.310. The van der Waals surface area contributed by atoms with Crippen molar-refractivity contribution in [1.82, 2.24) is 4.57 Å². The molecule has 40 heavy (non-hydrogen) atoms. The highest BCUT2D eigenvalue weighted by atomic mass is 32.1. The van der Waals surface area contributed by atoms with E-state index in [2.05, 4.69) is 4.99 Å². The van der Waals surface area contributed by atoms with Crippen molar-refractivity contribution in [3.05, 3.63) is 84.5 Å². The van der Waals surface area contributed by atoms with Crippen molar-refractivity contribution in [2.24, 2.45) is 4.99 Å². The molecule has 0 aliphatic carbocycles. The first-order valence-corrected chi connectivity index (χ1v) is 13.3. The Kier molecular flexibility index (Phi) is 9.37. The number of aromatic nitrogens is 1. The van der Waals surface area contributed by atoms with Gasteiger partial charge in [0.2, 0.25) is 0 Å². The van der Waals surface area contributed by atoms with Crippen LogP contribution in [0.5, 0.6) is 17.2 Å². The Morgan fingerprint density at radius 2 is 1.98 bits per heavy atom. The summed E-state index contributed by atoms with van der Waals surface area (Å²) in [5.41, 5.74) is 1.59. The van der Waals surface area contributed by atoms with E-state index >= 15 is 0 Å². The Labute approximate surface area is 235 Å². The number of ether oxygens (including phenoxy) is 5. The third kappa shape index (κ3) is 5.93. The molecule has 0 unspecified atom stereocenters. The molecule has 0 radical (unpaired) electrons. The smallest absolute Gasteiger partial charge is 0.338 e. The quantitative estimate of drug-likeness (QED) is 0.258. The summed E-state index contributed by atoms with van der Waals surface area (Å²) in [5.74, 6) is 0.796. The second-order valence-corrected chi connectivity index (χ2v) is 9.55. The van der Waals surface area contributed by atoms with Gasteiger partial charge in [0.05, 0.1) is 36.1 Å². The normalized spacial score (nSPS) is 14.7. The van der Waals surface area contributed by atoms with Crippen LogP contribution in [-0.2, 0) is 14.3 Å². The van der Waals surface area contributed by atoms with Gasteiger partial charge in [-0.05, 0) is 43.7 Å². The van der Waals surface area contributed by atoms with Crippen molar-refractivity contribution >= 4 is 23.4 Å². The number of nitriles is 1. The number of hydrogen-bond donors (Lipinski definition) is 0. The molecule has 1 aliphatic heterocycles. The SMILES string of the molecule is CCOc1c(OC)cccc1[C@H]1C(C(=O)OCCOC)=C(C)N=c2s/c(=C/c3cccc(OCC#N)c3)c(=O)n21. The molecule has 1 aliphatic rings. The van der Waals surface area contributed by atoms with Crippen LogP contribution in [0.3, 0.4) is 0 Å². The van der Waals surface area contributed by atoms with E-state index in [1.54, 1.807) is 49.4 Å². The van der Waals surface area contributed by atoms with Gasteiger partial charge in [-0.3, -0.25) is 9.36 Å². The minimum Gasteiger partial charge on any atom is -0.493 e. The molecule has 1 aromatic heterocycles. The summed E-state index contributed by atoms with van der Waals surface area (Å²) in [7, 11) is 3.05. The van der Waals surface area contributed by atoms with Gasteiger partial charge in [-0.1, -0.05) is 35.6 Å². The lowest BCUT2D eigenvalue weighted by Gasteiger charge is -2.27. The second kappa shape index (κ2) is 13.1. The van der Waals surface area contributed by atoms with Crippen LogP contribution in [0.1, 0.15) is 31.0 Å². The molecule has 0 saturated carbocycles. The Morgan fingerprint density at radius 3 is 2.70 bits per heavy atom. The zero-order valence-electron chi connectivity index (χ0n) is 22.6. The van der Waals surface area contributed by atoms with Gasteiger partial charge < -0.3 is 23.7 Å². The van der Waals surface area contributed by atoms with E-state index in [1.165, 1.54) is 30.1 Å².